The SMILES string of the molecule is O=C(NC(c1ccccc1)c1ccc(C2CC2)c(F)n1)C1CC(F)CN1C(=O)Cn1nccc1C(F)F. The average molecular weight is 516 g/mol. The number of carbonyl (C=O) groups is 2. The second-order valence-corrected chi connectivity index (χ2v) is 9.35. The van der Waals surface area contributed by atoms with Gasteiger partial charge in [-0.05, 0) is 36.5 Å². The Balaban J connectivity index is 1.37. The summed E-state index contributed by atoms with van der Waals surface area (Å²) in [6.45, 7) is -0.901. The molecule has 0 radical (unpaired) electrons. The first-order valence-corrected chi connectivity index (χ1v) is 12.1. The number of benzene rings is 1. The van der Waals surface area contributed by atoms with Crippen LogP contribution < -0.4 is 5.32 Å². The summed E-state index contributed by atoms with van der Waals surface area (Å²) in [5.41, 5.74) is 0.994. The fraction of sp³-hybridized carbons (Fsp3) is 0.385. The number of aromatic nitrogens is 3. The smallest absolute Gasteiger partial charge is 0.280 e. The van der Waals surface area contributed by atoms with E-state index >= 15 is 0 Å². The normalized spacial score (nSPS) is 20.3. The third-order valence-electron chi connectivity index (χ3n) is 6.76. The molecule has 37 heavy (non-hydrogen) atoms. The highest BCUT2D eigenvalue weighted by Gasteiger charge is 2.41. The Kier molecular flexibility index (Phi) is 6.94. The molecule has 3 unspecified atom stereocenters. The van der Waals surface area contributed by atoms with Crippen molar-refractivity contribution in [2.24, 2.45) is 0 Å². The summed E-state index contributed by atoms with van der Waals surface area (Å²) < 4.78 is 56.4. The molecule has 194 valence electrons. The number of nitrogens with one attached hydrogen (secondary N) is 1. The number of nitrogens with zero attached hydrogens (tertiary/aromatic N) is 4. The Morgan fingerprint density at radius 2 is 1.84 bits per heavy atom. The lowest BCUT2D eigenvalue weighted by molar-refractivity contribution is -0.139. The zero-order valence-corrected chi connectivity index (χ0v) is 19.7. The van der Waals surface area contributed by atoms with Crippen LogP contribution in [0, 0.1) is 5.95 Å². The molecule has 7 nitrogen and oxygen atoms in total. The summed E-state index contributed by atoms with van der Waals surface area (Å²) in [6.07, 6.45) is -1.59. The van der Waals surface area contributed by atoms with E-state index in [0.717, 1.165) is 34.7 Å². The van der Waals surface area contributed by atoms with Crippen molar-refractivity contribution in [3.63, 3.8) is 0 Å². The van der Waals surface area contributed by atoms with Crippen LogP contribution in [0.15, 0.2) is 54.7 Å². The van der Waals surface area contributed by atoms with Crippen LogP contribution in [0.1, 0.15) is 60.2 Å². The van der Waals surface area contributed by atoms with Crippen LogP contribution in [-0.4, -0.2) is 50.2 Å². The zero-order valence-electron chi connectivity index (χ0n) is 19.7. The molecule has 1 aliphatic carbocycles. The number of hydrogen-bond donors (Lipinski definition) is 1. The Hall–Kier alpha value is -3.76. The number of halogens is 4. The highest BCUT2D eigenvalue weighted by atomic mass is 19.3. The van der Waals surface area contributed by atoms with Gasteiger partial charge in [-0.25, -0.2) is 18.2 Å². The lowest BCUT2D eigenvalue weighted by Gasteiger charge is -2.27. The van der Waals surface area contributed by atoms with Crippen molar-refractivity contribution in [1.82, 2.24) is 25.0 Å². The highest BCUT2D eigenvalue weighted by molar-refractivity contribution is 5.88. The van der Waals surface area contributed by atoms with Crippen LogP contribution in [0.4, 0.5) is 17.6 Å². The largest absolute Gasteiger partial charge is 0.342 e. The van der Waals surface area contributed by atoms with Crippen molar-refractivity contribution in [1.29, 1.82) is 0 Å². The predicted molar refractivity (Wildman–Crippen MR) is 125 cm³/mol. The molecule has 2 aliphatic rings. The topological polar surface area (TPSA) is 80.1 Å². The number of alkyl halides is 3. The molecule has 1 N–H and O–H groups in total. The highest BCUT2D eigenvalue weighted by Crippen LogP contribution is 2.41. The molecular formula is C26H25F4N5O2. The molecule has 11 heteroatoms. The Morgan fingerprint density at radius 1 is 1.08 bits per heavy atom. The van der Waals surface area contributed by atoms with Crippen LogP contribution in [0.5, 0.6) is 0 Å². The van der Waals surface area contributed by atoms with Gasteiger partial charge in [0.1, 0.15) is 24.5 Å². The first kappa shape index (κ1) is 24.9. The fourth-order valence-corrected chi connectivity index (χ4v) is 4.72. The average Bonchev–Trinajstić information content (AvgIpc) is 3.48. The van der Waals surface area contributed by atoms with Gasteiger partial charge in [0, 0.05) is 18.2 Å². The Labute approximate surface area is 210 Å². The third-order valence-corrected chi connectivity index (χ3v) is 6.76. The van der Waals surface area contributed by atoms with Gasteiger partial charge in [-0.2, -0.15) is 9.49 Å². The van der Waals surface area contributed by atoms with Gasteiger partial charge in [0.25, 0.3) is 6.43 Å². The molecule has 3 aromatic rings. The molecule has 2 aromatic heterocycles. The van der Waals surface area contributed by atoms with Crippen LogP contribution in [0.3, 0.4) is 0 Å². The van der Waals surface area contributed by atoms with E-state index in [-0.39, 0.29) is 24.6 Å². The van der Waals surface area contributed by atoms with Gasteiger partial charge in [-0.3, -0.25) is 14.3 Å². The van der Waals surface area contributed by atoms with E-state index in [9.17, 15) is 27.2 Å². The maximum atomic E-state index is 14.8. The predicted octanol–water partition coefficient (Wildman–Crippen LogP) is 4.08. The lowest BCUT2D eigenvalue weighted by atomic mass is 10.0. The van der Waals surface area contributed by atoms with E-state index in [1.54, 1.807) is 42.5 Å². The minimum absolute atomic E-state index is 0.159. The summed E-state index contributed by atoms with van der Waals surface area (Å²) in [5, 5.41) is 6.55. The van der Waals surface area contributed by atoms with Crippen molar-refractivity contribution < 1.29 is 27.2 Å². The van der Waals surface area contributed by atoms with Gasteiger partial charge in [0.05, 0.1) is 18.3 Å². The van der Waals surface area contributed by atoms with E-state index in [0.29, 0.717) is 11.1 Å². The van der Waals surface area contributed by atoms with Crippen molar-refractivity contribution in [2.45, 2.75) is 56.4 Å². The van der Waals surface area contributed by atoms with Gasteiger partial charge in [-0.1, -0.05) is 36.4 Å². The molecule has 5 rings (SSSR count). The third kappa shape index (κ3) is 5.35. The molecule has 2 fully saturated rings. The van der Waals surface area contributed by atoms with Crippen LogP contribution in [0.25, 0.3) is 0 Å². The van der Waals surface area contributed by atoms with Crippen LogP contribution in [0.2, 0.25) is 0 Å². The van der Waals surface area contributed by atoms with Gasteiger partial charge >= 0.3 is 0 Å². The van der Waals surface area contributed by atoms with E-state index in [4.69, 9.17) is 0 Å². The monoisotopic (exact) mass is 515 g/mol. The van der Waals surface area contributed by atoms with E-state index in [2.05, 4.69) is 15.4 Å². The van der Waals surface area contributed by atoms with E-state index in [1.807, 2.05) is 0 Å². The van der Waals surface area contributed by atoms with Crippen molar-refractivity contribution >= 4 is 11.8 Å². The number of hydrogen-bond acceptors (Lipinski definition) is 4. The van der Waals surface area contributed by atoms with Gasteiger partial charge in [0.2, 0.25) is 17.8 Å². The fourth-order valence-electron chi connectivity index (χ4n) is 4.72. The molecule has 1 saturated heterocycles. The summed E-state index contributed by atoms with van der Waals surface area (Å²) in [5.74, 6) is -1.79. The summed E-state index contributed by atoms with van der Waals surface area (Å²) in [7, 11) is 0. The molecule has 0 spiro atoms. The van der Waals surface area contributed by atoms with Crippen LogP contribution in [-0.2, 0) is 16.1 Å². The lowest BCUT2D eigenvalue weighted by Crippen LogP contribution is -2.48. The van der Waals surface area contributed by atoms with Gasteiger partial charge in [-0.15, -0.1) is 0 Å². The molecule has 1 aliphatic heterocycles. The maximum Gasteiger partial charge on any atom is 0.280 e. The summed E-state index contributed by atoms with van der Waals surface area (Å²) in [6, 6.07) is 11.2. The van der Waals surface area contributed by atoms with Gasteiger partial charge in [0.15, 0.2) is 0 Å². The molecule has 3 atom stereocenters. The number of pyridine rings is 1. The quantitative estimate of drug-likeness (QED) is 0.362. The summed E-state index contributed by atoms with van der Waals surface area (Å²) in [4.78, 5) is 31.5. The minimum atomic E-state index is -2.84. The molecule has 1 saturated carbocycles. The maximum absolute atomic E-state index is 14.8. The van der Waals surface area contributed by atoms with Crippen molar-refractivity contribution in [3.8, 4) is 0 Å². The number of rotatable bonds is 8. The first-order valence-electron chi connectivity index (χ1n) is 12.1. The minimum Gasteiger partial charge on any atom is -0.342 e. The number of amides is 2. The zero-order chi connectivity index (χ0) is 26.1. The van der Waals surface area contributed by atoms with Crippen molar-refractivity contribution in [2.75, 3.05) is 6.54 Å². The van der Waals surface area contributed by atoms with Gasteiger partial charge < -0.3 is 10.2 Å². The van der Waals surface area contributed by atoms with Crippen LogP contribution >= 0.6 is 0 Å². The second-order valence-electron chi connectivity index (χ2n) is 9.35. The standard InChI is InChI=1S/C26H25F4N5O2/c27-17-12-21(34(13-17)22(36)14-35-20(24(28)29)10-11-31-35)26(37)33-23(16-4-2-1-3-5-16)19-9-8-18(15-6-7-15)25(30)32-19/h1-5,8-11,15,17,21,23-24H,6-7,12-14H2,(H,33,37). The molecular weight excluding hydrogens is 490 g/mol. The number of likely N-dealkylation sites (tertiary alicyclic amines) is 1. The Morgan fingerprint density at radius 3 is 2.51 bits per heavy atom. The molecule has 1 aromatic carbocycles. The first-order chi connectivity index (χ1) is 17.8. The molecule has 2 amide bonds. The summed E-state index contributed by atoms with van der Waals surface area (Å²) >= 11 is 0. The van der Waals surface area contributed by atoms with E-state index in [1.165, 1.54) is 0 Å². The molecule has 3 heterocycles. The van der Waals surface area contributed by atoms with E-state index < -0.39 is 54.7 Å². The second kappa shape index (κ2) is 10.3. The molecule has 0 bridgehead atoms. The van der Waals surface area contributed by atoms with Crippen molar-refractivity contribution in [3.05, 3.63) is 83.2 Å². The number of carbonyl (C=O) groups excluding carboxylic acids is 2. The Bertz CT molecular complexity index is 1280.